The summed E-state index contributed by atoms with van der Waals surface area (Å²) in [5.74, 6) is -0.149. The average molecular weight is 300 g/mol. The predicted molar refractivity (Wildman–Crippen MR) is 74.7 cm³/mol. The smallest absolute Gasteiger partial charge is 0.259 e. The number of carbonyl (C=O) groups excluding carboxylic acids is 1. The van der Waals surface area contributed by atoms with Crippen LogP contribution in [-0.2, 0) is 11.3 Å². The number of hydrogen-bond donors (Lipinski definition) is 0. The predicted octanol–water partition coefficient (Wildman–Crippen LogP) is 3.28. The molecule has 0 aliphatic rings. The van der Waals surface area contributed by atoms with Crippen molar-refractivity contribution in [2.75, 3.05) is 20.3 Å². The summed E-state index contributed by atoms with van der Waals surface area (Å²) in [7, 11) is 1.61. The summed E-state index contributed by atoms with van der Waals surface area (Å²) in [6, 6.07) is 5.54. The van der Waals surface area contributed by atoms with Crippen LogP contribution in [0.15, 0.2) is 34.3 Å². The molecule has 0 aliphatic carbocycles. The lowest BCUT2D eigenvalue weighted by Gasteiger charge is -2.21. The molecule has 0 fully saturated rings. The Balaban J connectivity index is 2.12. The van der Waals surface area contributed by atoms with Gasteiger partial charge in [-0.05, 0) is 29.1 Å². The fourth-order valence-corrected chi connectivity index (χ4v) is 2.58. The number of thiophene rings is 1. The van der Waals surface area contributed by atoms with Gasteiger partial charge < -0.3 is 14.1 Å². The first-order chi connectivity index (χ1) is 9.22. The molecule has 0 radical (unpaired) electrons. The van der Waals surface area contributed by atoms with Gasteiger partial charge in [0, 0.05) is 18.5 Å². The van der Waals surface area contributed by atoms with Gasteiger partial charge in [-0.1, -0.05) is 6.07 Å². The van der Waals surface area contributed by atoms with Gasteiger partial charge in [0.05, 0.1) is 25.0 Å². The zero-order chi connectivity index (χ0) is 13.7. The molecule has 102 valence electrons. The van der Waals surface area contributed by atoms with Crippen molar-refractivity contribution in [3.05, 3.63) is 45.5 Å². The third-order valence-corrected chi connectivity index (χ3v) is 3.78. The van der Waals surface area contributed by atoms with Gasteiger partial charge in [-0.25, -0.2) is 0 Å². The van der Waals surface area contributed by atoms with E-state index in [1.54, 1.807) is 29.4 Å². The maximum absolute atomic E-state index is 12.4. The Morgan fingerprint density at radius 1 is 1.53 bits per heavy atom. The lowest BCUT2D eigenvalue weighted by molar-refractivity contribution is 0.0682. The molecular weight excluding hydrogens is 286 g/mol. The van der Waals surface area contributed by atoms with Crippen LogP contribution in [0.25, 0.3) is 0 Å². The van der Waals surface area contributed by atoms with Crippen molar-refractivity contribution >= 4 is 28.8 Å². The minimum atomic E-state index is -0.149. The van der Waals surface area contributed by atoms with Crippen molar-refractivity contribution in [3.63, 3.8) is 0 Å². The van der Waals surface area contributed by atoms with Gasteiger partial charge in [0.25, 0.3) is 5.91 Å². The number of methoxy groups -OCH3 is 1. The Morgan fingerprint density at radius 2 is 2.37 bits per heavy atom. The molecule has 0 spiro atoms. The van der Waals surface area contributed by atoms with Gasteiger partial charge in [-0.15, -0.1) is 11.3 Å². The zero-order valence-electron chi connectivity index (χ0n) is 10.5. The Hall–Kier alpha value is -1.30. The summed E-state index contributed by atoms with van der Waals surface area (Å²) in [5.41, 5.74) is 0.384. The maximum Gasteiger partial charge on any atom is 0.259 e. The van der Waals surface area contributed by atoms with Gasteiger partial charge in [0.15, 0.2) is 0 Å². The second-order valence-corrected chi connectivity index (χ2v) is 5.28. The number of nitrogens with zero attached hydrogens (tertiary/aromatic N) is 1. The van der Waals surface area contributed by atoms with Gasteiger partial charge in [-0.2, -0.15) is 0 Å². The van der Waals surface area contributed by atoms with Crippen LogP contribution in [-0.4, -0.2) is 31.1 Å². The van der Waals surface area contributed by atoms with E-state index in [1.165, 1.54) is 6.26 Å². The molecule has 0 atom stereocenters. The van der Waals surface area contributed by atoms with Crippen molar-refractivity contribution in [1.29, 1.82) is 0 Å². The molecule has 4 nitrogen and oxygen atoms in total. The summed E-state index contributed by atoms with van der Waals surface area (Å²) in [4.78, 5) is 15.2. The summed E-state index contributed by atoms with van der Waals surface area (Å²) in [6.07, 6.45) is 1.41. The summed E-state index contributed by atoms with van der Waals surface area (Å²) in [6.45, 7) is 1.53. The molecule has 0 aliphatic heterocycles. The van der Waals surface area contributed by atoms with Gasteiger partial charge in [0.2, 0.25) is 5.22 Å². The summed E-state index contributed by atoms with van der Waals surface area (Å²) < 4.78 is 10.0. The molecule has 0 bridgehead atoms. The van der Waals surface area contributed by atoms with Crippen molar-refractivity contribution in [3.8, 4) is 0 Å². The van der Waals surface area contributed by atoms with Crippen LogP contribution in [0.2, 0.25) is 5.22 Å². The number of hydrogen-bond acceptors (Lipinski definition) is 4. The number of rotatable bonds is 6. The lowest BCUT2D eigenvalue weighted by atomic mass is 10.2. The van der Waals surface area contributed by atoms with Crippen LogP contribution in [0, 0.1) is 0 Å². The van der Waals surface area contributed by atoms with E-state index in [0.29, 0.717) is 25.3 Å². The topological polar surface area (TPSA) is 42.7 Å². The fourth-order valence-electron chi connectivity index (χ4n) is 1.66. The van der Waals surface area contributed by atoms with Crippen molar-refractivity contribution in [1.82, 2.24) is 4.90 Å². The molecule has 2 aromatic rings. The van der Waals surface area contributed by atoms with Crippen LogP contribution in [0.1, 0.15) is 15.2 Å². The standard InChI is InChI=1S/C13H14ClNO3S/c1-17-7-5-15(9-10-3-2-8-19-10)13(16)11-4-6-18-12(11)14/h2-4,6,8H,5,7,9H2,1H3. The van der Waals surface area contributed by atoms with Crippen LogP contribution in [0.4, 0.5) is 0 Å². The van der Waals surface area contributed by atoms with E-state index in [0.717, 1.165) is 4.88 Å². The number of halogens is 1. The first-order valence-electron chi connectivity index (χ1n) is 5.76. The normalized spacial score (nSPS) is 10.6. The van der Waals surface area contributed by atoms with Crippen LogP contribution in [0.5, 0.6) is 0 Å². The van der Waals surface area contributed by atoms with E-state index in [2.05, 4.69) is 0 Å². The second kappa shape index (κ2) is 6.75. The van der Waals surface area contributed by atoms with Gasteiger partial charge in [0.1, 0.15) is 0 Å². The third kappa shape index (κ3) is 3.59. The van der Waals surface area contributed by atoms with Crippen LogP contribution in [0.3, 0.4) is 0 Å². The quantitative estimate of drug-likeness (QED) is 0.822. The Labute approximate surface area is 120 Å². The molecule has 2 rings (SSSR count). The minimum Gasteiger partial charge on any atom is -0.452 e. The third-order valence-electron chi connectivity index (χ3n) is 2.63. The molecule has 0 N–H and O–H groups in total. The van der Waals surface area contributed by atoms with Gasteiger partial charge in [-0.3, -0.25) is 4.79 Å². The number of ether oxygens (including phenoxy) is 1. The largest absolute Gasteiger partial charge is 0.452 e. The second-order valence-electron chi connectivity index (χ2n) is 3.91. The molecule has 19 heavy (non-hydrogen) atoms. The SMILES string of the molecule is COCCN(Cc1cccs1)C(=O)c1ccoc1Cl. The Bertz CT molecular complexity index is 524. The first-order valence-corrected chi connectivity index (χ1v) is 7.01. The van der Waals surface area contributed by atoms with Crippen LogP contribution >= 0.6 is 22.9 Å². The Morgan fingerprint density at radius 3 is 2.95 bits per heavy atom. The molecular formula is C13H14ClNO3S. The molecule has 1 amide bonds. The lowest BCUT2D eigenvalue weighted by Crippen LogP contribution is -2.33. The van der Waals surface area contributed by atoms with Crippen molar-refractivity contribution in [2.45, 2.75) is 6.54 Å². The molecule has 6 heteroatoms. The number of furan rings is 1. The van der Waals surface area contributed by atoms with E-state index in [9.17, 15) is 4.79 Å². The van der Waals surface area contributed by atoms with E-state index in [1.807, 2.05) is 17.5 Å². The van der Waals surface area contributed by atoms with Crippen molar-refractivity contribution < 1.29 is 13.9 Å². The number of amides is 1. The average Bonchev–Trinajstić information content (AvgIpc) is 3.05. The maximum atomic E-state index is 12.4. The van der Waals surface area contributed by atoms with Gasteiger partial charge >= 0.3 is 0 Å². The Kier molecular flexibility index (Phi) is 5.01. The highest BCUT2D eigenvalue weighted by molar-refractivity contribution is 7.09. The molecule has 2 heterocycles. The molecule has 0 saturated carbocycles. The molecule has 0 saturated heterocycles. The van der Waals surface area contributed by atoms with E-state index in [4.69, 9.17) is 20.8 Å². The monoisotopic (exact) mass is 299 g/mol. The highest BCUT2D eigenvalue weighted by Crippen LogP contribution is 2.20. The van der Waals surface area contributed by atoms with Crippen LogP contribution < -0.4 is 0 Å². The molecule has 2 aromatic heterocycles. The van der Waals surface area contributed by atoms with E-state index >= 15 is 0 Å². The highest BCUT2D eigenvalue weighted by atomic mass is 35.5. The molecule has 0 unspecified atom stereocenters. The van der Waals surface area contributed by atoms with Crippen molar-refractivity contribution in [2.24, 2.45) is 0 Å². The fraction of sp³-hybridized carbons (Fsp3) is 0.308. The summed E-state index contributed by atoms with van der Waals surface area (Å²) in [5, 5.41) is 2.11. The zero-order valence-corrected chi connectivity index (χ0v) is 12.0. The molecule has 0 aromatic carbocycles. The summed E-state index contributed by atoms with van der Waals surface area (Å²) >= 11 is 7.46. The highest BCUT2D eigenvalue weighted by Gasteiger charge is 2.20. The first kappa shape index (κ1) is 14.1. The van der Waals surface area contributed by atoms with E-state index in [-0.39, 0.29) is 11.1 Å². The minimum absolute atomic E-state index is 0.124. The number of carbonyl (C=O) groups is 1. The van der Waals surface area contributed by atoms with E-state index < -0.39 is 0 Å².